The van der Waals surface area contributed by atoms with Crippen LogP contribution < -0.4 is 0 Å². The monoisotopic (exact) mass is 263 g/mol. The molecule has 0 saturated carbocycles. The number of aliphatic hydroxyl groups excluding tert-OH is 1. The normalized spacial score (nSPS) is 11.2. The third kappa shape index (κ3) is 3.37. The van der Waals surface area contributed by atoms with Gasteiger partial charge in [-0.25, -0.2) is 4.98 Å². The third-order valence-electron chi connectivity index (χ3n) is 1.63. The first kappa shape index (κ1) is 11.1. The van der Waals surface area contributed by atoms with Gasteiger partial charge >= 0.3 is 0 Å². The molecule has 0 unspecified atom stereocenters. The summed E-state index contributed by atoms with van der Waals surface area (Å²) >= 11 is 5.13. The van der Waals surface area contributed by atoms with Crippen molar-refractivity contribution in [1.29, 1.82) is 0 Å². The summed E-state index contributed by atoms with van der Waals surface area (Å²) in [5.41, 5.74) is 0.989. The van der Waals surface area contributed by atoms with E-state index in [1.807, 2.05) is 0 Å². The fourth-order valence-corrected chi connectivity index (χ4v) is 2.97. The molecule has 0 aliphatic heterocycles. The van der Waals surface area contributed by atoms with Gasteiger partial charge in [0.15, 0.2) is 0 Å². The van der Waals surface area contributed by atoms with Gasteiger partial charge in [0.1, 0.15) is 0 Å². The molecular weight excluding hydrogens is 250 g/mol. The molecule has 1 N–H and O–H groups in total. The molecule has 0 aliphatic carbocycles. The second-order valence-electron chi connectivity index (χ2n) is 3.40. The van der Waals surface area contributed by atoms with Gasteiger partial charge in [0.25, 0.3) is 0 Å². The van der Waals surface area contributed by atoms with Gasteiger partial charge < -0.3 is 5.11 Å². The highest BCUT2D eigenvalue weighted by Crippen LogP contribution is 2.26. The number of aliphatic hydroxyl groups is 1. The van der Waals surface area contributed by atoms with E-state index in [2.05, 4.69) is 34.8 Å². The van der Waals surface area contributed by atoms with E-state index < -0.39 is 0 Å². The van der Waals surface area contributed by atoms with E-state index in [4.69, 9.17) is 5.11 Å². The molecule has 0 spiro atoms. The molecule has 0 atom stereocenters. The molecule has 0 saturated heterocycles. The highest BCUT2D eigenvalue weighted by molar-refractivity contribution is 9.11. The molecule has 0 aliphatic rings. The first-order valence-corrected chi connectivity index (χ1v) is 5.99. The minimum Gasteiger partial charge on any atom is -0.396 e. The number of hydrogen-bond donors (Lipinski definition) is 1. The molecule has 1 heterocycles. The number of aromatic nitrogens is 1. The van der Waals surface area contributed by atoms with Crippen LogP contribution in [-0.2, 0) is 12.8 Å². The number of nitrogens with zero attached hydrogens (tertiary/aromatic N) is 1. The van der Waals surface area contributed by atoms with Crippen LogP contribution in [0.3, 0.4) is 0 Å². The lowest BCUT2D eigenvalue weighted by atomic mass is 10.1. The van der Waals surface area contributed by atoms with Gasteiger partial charge in [-0.2, -0.15) is 0 Å². The number of hydrogen-bond acceptors (Lipinski definition) is 3. The van der Waals surface area contributed by atoms with Crippen molar-refractivity contribution in [2.45, 2.75) is 26.7 Å². The summed E-state index contributed by atoms with van der Waals surface area (Å²) in [7, 11) is 0. The van der Waals surface area contributed by atoms with Crippen molar-refractivity contribution in [1.82, 2.24) is 4.98 Å². The molecule has 1 aromatic rings. The lowest BCUT2D eigenvalue weighted by molar-refractivity contribution is 0.298. The van der Waals surface area contributed by atoms with Gasteiger partial charge in [0, 0.05) is 19.4 Å². The van der Waals surface area contributed by atoms with Gasteiger partial charge in [-0.05, 0) is 21.8 Å². The molecule has 0 bridgehead atoms. The van der Waals surface area contributed by atoms with Gasteiger partial charge in [0.05, 0.1) is 14.5 Å². The van der Waals surface area contributed by atoms with Gasteiger partial charge in [0.2, 0.25) is 0 Å². The Kier molecular flexibility index (Phi) is 4.35. The van der Waals surface area contributed by atoms with Crippen LogP contribution in [0.1, 0.15) is 24.5 Å². The topological polar surface area (TPSA) is 33.1 Å². The number of rotatable bonds is 4. The van der Waals surface area contributed by atoms with Crippen LogP contribution in [0.25, 0.3) is 0 Å². The summed E-state index contributed by atoms with van der Waals surface area (Å²) in [4.78, 5) is 4.45. The summed E-state index contributed by atoms with van der Waals surface area (Å²) < 4.78 is 1.07. The van der Waals surface area contributed by atoms with Crippen molar-refractivity contribution in [2.24, 2.45) is 5.92 Å². The van der Waals surface area contributed by atoms with Gasteiger partial charge in [-0.3, -0.25) is 0 Å². The van der Waals surface area contributed by atoms with Crippen molar-refractivity contribution in [2.75, 3.05) is 6.61 Å². The van der Waals surface area contributed by atoms with E-state index >= 15 is 0 Å². The van der Waals surface area contributed by atoms with E-state index in [1.165, 1.54) is 0 Å². The minimum atomic E-state index is 0.170. The maximum atomic E-state index is 8.78. The van der Waals surface area contributed by atoms with Crippen molar-refractivity contribution < 1.29 is 5.11 Å². The van der Waals surface area contributed by atoms with Crippen LogP contribution in [0.15, 0.2) is 3.79 Å². The molecule has 74 valence electrons. The maximum absolute atomic E-state index is 8.78. The zero-order valence-corrected chi connectivity index (χ0v) is 10.3. The summed E-state index contributed by atoms with van der Waals surface area (Å²) in [5.74, 6) is 0.639. The van der Waals surface area contributed by atoms with Crippen molar-refractivity contribution in [3.05, 3.63) is 14.5 Å². The molecule has 1 aromatic heterocycles. The third-order valence-corrected chi connectivity index (χ3v) is 3.48. The molecule has 1 rings (SSSR count). The predicted octanol–water partition coefficient (Wildman–Crippen LogP) is 2.64. The Hall–Kier alpha value is 0.0700. The van der Waals surface area contributed by atoms with E-state index in [9.17, 15) is 0 Å². The lowest BCUT2D eigenvalue weighted by Gasteiger charge is -1.98. The van der Waals surface area contributed by atoms with Crippen molar-refractivity contribution in [3.63, 3.8) is 0 Å². The van der Waals surface area contributed by atoms with E-state index in [-0.39, 0.29) is 6.61 Å². The van der Waals surface area contributed by atoms with Gasteiger partial charge in [-0.15, -0.1) is 11.3 Å². The lowest BCUT2D eigenvalue weighted by Crippen LogP contribution is -1.95. The van der Waals surface area contributed by atoms with E-state index in [0.717, 1.165) is 20.9 Å². The molecule has 0 aromatic carbocycles. The minimum absolute atomic E-state index is 0.170. The van der Waals surface area contributed by atoms with Crippen LogP contribution in [0, 0.1) is 5.92 Å². The first-order valence-electron chi connectivity index (χ1n) is 4.38. The predicted molar refractivity (Wildman–Crippen MR) is 59.1 cm³/mol. The quantitative estimate of drug-likeness (QED) is 0.906. The van der Waals surface area contributed by atoms with E-state index in [1.54, 1.807) is 11.3 Å². The summed E-state index contributed by atoms with van der Waals surface area (Å²) in [5, 5.41) is 9.94. The Morgan fingerprint density at radius 3 is 2.77 bits per heavy atom. The largest absolute Gasteiger partial charge is 0.396 e. The number of thiazole rings is 1. The van der Waals surface area contributed by atoms with Gasteiger partial charge in [-0.1, -0.05) is 13.8 Å². The standard InChI is InChI=1S/C9H14BrNOS/c1-6(2)5-8-11-7(3-4-12)9(10)13-8/h6,12H,3-5H2,1-2H3. The highest BCUT2D eigenvalue weighted by Gasteiger charge is 2.09. The van der Waals surface area contributed by atoms with Crippen LogP contribution >= 0.6 is 27.3 Å². The Morgan fingerprint density at radius 2 is 2.23 bits per heavy atom. The molecule has 0 fully saturated rings. The summed E-state index contributed by atoms with van der Waals surface area (Å²) in [6, 6.07) is 0. The average molecular weight is 264 g/mol. The summed E-state index contributed by atoms with van der Waals surface area (Å²) in [6.07, 6.45) is 1.67. The maximum Gasteiger partial charge on any atom is 0.0942 e. The smallest absolute Gasteiger partial charge is 0.0942 e. The van der Waals surface area contributed by atoms with E-state index in [0.29, 0.717) is 12.3 Å². The zero-order valence-electron chi connectivity index (χ0n) is 7.88. The molecule has 0 amide bonds. The van der Waals surface area contributed by atoms with Crippen molar-refractivity contribution in [3.8, 4) is 0 Å². The first-order chi connectivity index (χ1) is 6.13. The fourth-order valence-electron chi connectivity index (χ4n) is 1.08. The SMILES string of the molecule is CC(C)Cc1nc(CCO)c(Br)s1. The van der Waals surface area contributed by atoms with Crippen LogP contribution in [-0.4, -0.2) is 16.7 Å². The Labute approximate surface area is 91.1 Å². The Bertz CT molecular complexity index is 273. The molecular formula is C9H14BrNOS. The molecule has 2 nitrogen and oxygen atoms in total. The average Bonchev–Trinajstić information content (AvgIpc) is 2.31. The second kappa shape index (κ2) is 5.08. The number of halogens is 1. The van der Waals surface area contributed by atoms with Crippen LogP contribution in [0.4, 0.5) is 0 Å². The fraction of sp³-hybridized carbons (Fsp3) is 0.667. The molecule has 13 heavy (non-hydrogen) atoms. The van der Waals surface area contributed by atoms with Crippen LogP contribution in [0.2, 0.25) is 0 Å². The van der Waals surface area contributed by atoms with Crippen LogP contribution in [0.5, 0.6) is 0 Å². The van der Waals surface area contributed by atoms with Crippen molar-refractivity contribution >= 4 is 27.3 Å². The second-order valence-corrected chi connectivity index (χ2v) is 5.80. The Balaban J connectivity index is 2.70. The Morgan fingerprint density at radius 1 is 1.54 bits per heavy atom. The molecule has 0 radical (unpaired) electrons. The molecule has 4 heteroatoms. The zero-order chi connectivity index (χ0) is 9.84. The highest BCUT2D eigenvalue weighted by atomic mass is 79.9. The summed E-state index contributed by atoms with van der Waals surface area (Å²) in [6.45, 7) is 4.53.